The lowest BCUT2D eigenvalue weighted by molar-refractivity contribution is -0.111. The van der Waals surface area contributed by atoms with Gasteiger partial charge in [-0.2, -0.15) is 0 Å². The molecule has 28 heavy (non-hydrogen) atoms. The maximum absolute atomic E-state index is 12.5. The first kappa shape index (κ1) is 19.4. The molecule has 142 valence electrons. The third kappa shape index (κ3) is 5.10. The van der Waals surface area contributed by atoms with E-state index in [4.69, 9.17) is 9.47 Å². The second kappa shape index (κ2) is 9.56. The molecular weight excluding hydrogens is 348 g/mol. The number of Topliss-reactive ketones (excluding diaryl/α,β-unsaturated/α-hetero) is 1. The summed E-state index contributed by atoms with van der Waals surface area (Å²) >= 11 is 0. The standard InChI is InChI=1S/C25H24O3/c1-27-23-15-9-19(10-16-23)5-3-7-21-13-14-22(25(21)26)8-4-6-20-11-17-24(28-2)18-12-20/h3-12,15-18H,13-14H2,1-2H3. The van der Waals surface area contributed by atoms with E-state index in [1.807, 2.05) is 85.0 Å². The average molecular weight is 372 g/mol. The normalized spacial score (nSPS) is 17.3. The molecule has 0 saturated heterocycles. The Balaban J connectivity index is 1.60. The second-order valence-corrected chi connectivity index (χ2v) is 6.48. The van der Waals surface area contributed by atoms with Gasteiger partial charge in [0, 0.05) is 11.1 Å². The lowest BCUT2D eigenvalue weighted by atomic mass is 10.1. The fraction of sp³-hybridized carbons (Fsp3) is 0.160. The highest BCUT2D eigenvalue weighted by Gasteiger charge is 2.21. The van der Waals surface area contributed by atoms with E-state index in [0.717, 1.165) is 46.6 Å². The molecule has 1 saturated carbocycles. The average Bonchev–Trinajstić information content (AvgIpc) is 3.09. The summed E-state index contributed by atoms with van der Waals surface area (Å²) in [6.07, 6.45) is 13.3. The molecular formula is C25H24O3. The van der Waals surface area contributed by atoms with Gasteiger partial charge in [-0.3, -0.25) is 4.79 Å². The molecule has 0 N–H and O–H groups in total. The van der Waals surface area contributed by atoms with Crippen LogP contribution in [0.15, 0.2) is 84.0 Å². The van der Waals surface area contributed by atoms with Crippen molar-refractivity contribution in [3.8, 4) is 11.5 Å². The fourth-order valence-electron chi connectivity index (χ4n) is 3.00. The van der Waals surface area contributed by atoms with Gasteiger partial charge in [-0.1, -0.05) is 60.7 Å². The molecule has 0 aromatic heterocycles. The third-order valence-corrected chi connectivity index (χ3v) is 4.65. The van der Waals surface area contributed by atoms with Crippen LogP contribution >= 0.6 is 0 Å². The number of rotatable bonds is 6. The number of benzene rings is 2. The summed E-state index contributed by atoms with van der Waals surface area (Å²) < 4.78 is 10.3. The smallest absolute Gasteiger partial charge is 0.185 e. The number of carbonyl (C=O) groups is 1. The van der Waals surface area contributed by atoms with Crippen LogP contribution in [0, 0.1) is 0 Å². The van der Waals surface area contributed by atoms with Crippen molar-refractivity contribution in [2.75, 3.05) is 14.2 Å². The Morgan fingerprint density at radius 1 is 0.679 bits per heavy atom. The highest BCUT2D eigenvalue weighted by molar-refractivity contribution is 6.11. The number of ether oxygens (including phenoxy) is 2. The summed E-state index contributed by atoms with van der Waals surface area (Å²) in [5.41, 5.74) is 3.85. The maximum Gasteiger partial charge on any atom is 0.185 e. The molecule has 0 unspecified atom stereocenters. The molecule has 3 nitrogen and oxygen atoms in total. The summed E-state index contributed by atoms with van der Waals surface area (Å²) in [5, 5.41) is 0. The zero-order valence-electron chi connectivity index (χ0n) is 16.2. The van der Waals surface area contributed by atoms with Gasteiger partial charge in [0.2, 0.25) is 0 Å². The first-order chi connectivity index (χ1) is 13.7. The Kier molecular flexibility index (Phi) is 6.64. The molecule has 2 aromatic carbocycles. The van der Waals surface area contributed by atoms with E-state index < -0.39 is 0 Å². The minimum Gasteiger partial charge on any atom is -0.497 e. The van der Waals surface area contributed by atoms with E-state index in [-0.39, 0.29) is 5.78 Å². The lowest BCUT2D eigenvalue weighted by Crippen LogP contribution is -1.94. The fourth-order valence-corrected chi connectivity index (χ4v) is 3.00. The highest BCUT2D eigenvalue weighted by Crippen LogP contribution is 2.26. The first-order valence-electron chi connectivity index (χ1n) is 9.27. The van der Waals surface area contributed by atoms with Gasteiger partial charge in [0.1, 0.15) is 11.5 Å². The first-order valence-corrected chi connectivity index (χ1v) is 9.27. The summed E-state index contributed by atoms with van der Waals surface area (Å²) in [6.45, 7) is 0. The number of hydrogen-bond donors (Lipinski definition) is 0. The number of methoxy groups -OCH3 is 2. The van der Waals surface area contributed by atoms with Crippen molar-refractivity contribution in [1.29, 1.82) is 0 Å². The summed E-state index contributed by atoms with van der Waals surface area (Å²) in [7, 11) is 3.30. The van der Waals surface area contributed by atoms with Gasteiger partial charge in [-0.05, 0) is 48.2 Å². The third-order valence-electron chi connectivity index (χ3n) is 4.65. The zero-order valence-corrected chi connectivity index (χ0v) is 16.2. The number of ketones is 1. The molecule has 1 fully saturated rings. The molecule has 3 rings (SSSR count). The van der Waals surface area contributed by atoms with Gasteiger partial charge >= 0.3 is 0 Å². The van der Waals surface area contributed by atoms with Crippen LogP contribution < -0.4 is 9.47 Å². The van der Waals surface area contributed by atoms with Gasteiger partial charge in [0.05, 0.1) is 14.2 Å². The summed E-state index contributed by atoms with van der Waals surface area (Å²) in [4.78, 5) is 12.5. The Morgan fingerprint density at radius 2 is 1.07 bits per heavy atom. The van der Waals surface area contributed by atoms with Crippen molar-refractivity contribution in [1.82, 2.24) is 0 Å². The Hall–Kier alpha value is -3.33. The molecule has 0 spiro atoms. The summed E-state index contributed by atoms with van der Waals surface area (Å²) in [6, 6.07) is 15.6. The Bertz CT molecular complexity index is 849. The topological polar surface area (TPSA) is 35.5 Å². The van der Waals surface area contributed by atoms with Crippen LogP contribution in [0.3, 0.4) is 0 Å². The van der Waals surface area contributed by atoms with Crippen molar-refractivity contribution in [2.45, 2.75) is 12.8 Å². The van der Waals surface area contributed by atoms with Crippen LogP contribution in [-0.2, 0) is 4.79 Å². The minimum absolute atomic E-state index is 0.138. The Morgan fingerprint density at radius 3 is 1.43 bits per heavy atom. The van der Waals surface area contributed by atoms with Gasteiger partial charge < -0.3 is 9.47 Å². The molecule has 0 radical (unpaired) electrons. The molecule has 0 bridgehead atoms. The second-order valence-electron chi connectivity index (χ2n) is 6.48. The van der Waals surface area contributed by atoms with Crippen LogP contribution in [0.1, 0.15) is 24.0 Å². The van der Waals surface area contributed by atoms with E-state index in [1.54, 1.807) is 14.2 Å². The highest BCUT2D eigenvalue weighted by atomic mass is 16.5. The van der Waals surface area contributed by atoms with E-state index in [9.17, 15) is 4.79 Å². The van der Waals surface area contributed by atoms with Crippen molar-refractivity contribution in [2.24, 2.45) is 0 Å². The minimum atomic E-state index is 0.138. The molecule has 1 aliphatic carbocycles. The largest absolute Gasteiger partial charge is 0.497 e. The van der Waals surface area contributed by atoms with E-state index in [2.05, 4.69) is 0 Å². The van der Waals surface area contributed by atoms with Gasteiger partial charge in [-0.25, -0.2) is 0 Å². The van der Waals surface area contributed by atoms with E-state index in [1.165, 1.54) is 0 Å². The molecule has 0 amide bonds. The molecule has 1 aliphatic rings. The number of hydrogen-bond acceptors (Lipinski definition) is 3. The van der Waals surface area contributed by atoms with E-state index in [0.29, 0.717) is 0 Å². The van der Waals surface area contributed by atoms with E-state index >= 15 is 0 Å². The van der Waals surface area contributed by atoms with Crippen LogP contribution in [0.25, 0.3) is 12.2 Å². The van der Waals surface area contributed by atoms with Crippen molar-refractivity contribution in [3.05, 3.63) is 95.1 Å². The number of allylic oxidation sites excluding steroid dienone is 6. The van der Waals surface area contributed by atoms with Crippen LogP contribution in [0.4, 0.5) is 0 Å². The summed E-state index contributed by atoms with van der Waals surface area (Å²) in [5.74, 6) is 1.80. The SMILES string of the molecule is COc1ccc(C=CC=C2CCC(=CC=Cc3ccc(OC)cc3)C2=O)cc1. The van der Waals surface area contributed by atoms with Gasteiger partial charge in [0.25, 0.3) is 0 Å². The Labute approximate surface area is 166 Å². The van der Waals surface area contributed by atoms with Gasteiger partial charge in [-0.15, -0.1) is 0 Å². The zero-order chi connectivity index (χ0) is 19.8. The predicted octanol–water partition coefficient (Wildman–Crippen LogP) is 5.65. The van der Waals surface area contributed by atoms with Crippen LogP contribution in [0.2, 0.25) is 0 Å². The molecule has 0 aliphatic heterocycles. The van der Waals surface area contributed by atoms with Crippen LogP contribution in [0.5, 0.6) is 11.5 Å². The van der Waals surface area contributed by atoms with Crippen molar-refractivity contribution >= 4 is 17.9 Å². The maximum atomic E-state index is 12.5. The van der Waals surface area contributed by atoms with Gasteiger partial charge in [0.15, 0.2) is 5.78 Å². The molecule has 0 atom stereocenters. The molecule has 3 heteroatoms. The van der Waals surface area contributed by atoms with Crippen molar-refractivity contribution < 1.29 is 14.3 Å². The van der Waals surface area contributed by atoms with Crippen molar-refractivity contribution in [3.63, 3.8) is 0 Å². The van der Waals surface area contributed by atoms with Crippen LogP contribution in [-0.4, -0.2) is 20.0 Å². The monoisotopic (exact) mass is 372 g/mol. The number of carbonyl (C=O) groups excluding carboxylic acids is 1. The lowest BCUT2D eigenvalue weighted by Gasteiger charge is -1.98. The quantitative estimate of drug-likeness (QED) is 0.615. The predicted molar refractivity (Wildman–Crippen MR) is 114 cm³/mol. The molecule has 2 aromatic rings. The molecule has 0 heterocycles.